The molecule has 0 aromatic rings. The Morgan fingerprint density at radius 3 is 2.65 bits per heavy atom. The number of hydrogen-bond donors (Lipinski definition) is 2. The van der Waals surface area contributed by atoms with Crippen LogP contribution in [0.15, 0.2) is 0 Å². The summed E-state index contributed by atoms with van der Waals surface area (Å²) in [6.07, 6.45) is 5.14. The van der Waals surface area contributed by atoms with Gasteiger partial charge >= 0.3 is 0 Å². The van der Waals surface area contributed by atoms with Gasteiger partial charge in [-0.2, -0.15) is 0 Å². The van der Waals surface area contributed by atoms with Gasteiger partial charge in [-0.05, 0) is 31.1 Å². The summed E-state index contributed by atoms with van der Waals surface area (Å²) in [4.78, 5) is 0. The van der Waals surface area contributed by atoms with Crippen LogP contribution >= 0.6 is 0 Å². The van der Waals surface area contributed by atoms with E-state index in [9.17, 15) is 8.42 Å². The predicted molar refractivity (Wildman–Crippen MR) is 71.2 cm³/mol. The van der Waals surface area contributed by atoms with E-state index in [0.29, 0.717) is 23.3 Å². The van der Waals surface area contributed by atoms with Gasteiger partial charge in [-0.1, -0.05) is 26.7 Å². The Labute approximate surface area is 105 Å². The molecule has 0 aromatic heterocycles. The topological polar surface area (TPSA) is 72.2 Å². The molecule has 4 nitrogen and oxygen atoms in total. The maximum atomic E-state index is 11.4. The van der Waals surface area contributed by atoms with Crippen molar-refractivity contribution in [2.45, 2.75) is 52.0 Å². The third-order valence-electron chi connectivity index (χ3n) is 3.65. The Morgan fingerprint density at radius 1 is 1.47 bits per heavy atom. The zero-order valence-electron chi connectivity index (χ0n) is 11.0. The molecule has 3 unspecified atom stereocenters. The first kappa shape index (κ1) is 14.9. The zero-order chi connectivity index (χ0) is 12.9. The molecule has 0 amide bonds. The predicted octanol–water partition coefficient (Wildman–Crippen LogP) is 1.47. The Hall–Kier alpha value is -0.130. The maximum Gasteiger partial charge on any atom is 0.150 e. The van der Waals surface area contributed by atoms with Crippen LogP contribution in [0, 0.1) is 11.8 Å². The van der Waals surface area contributed by atoms with Crippen molar-refractivity contribution in [2.24, 2.45) is 17.7 Å². The first-order chi connectivity index (χ1) is 7.96. The average molecular weight is 262 g/mol. The maximum absolute atomic E-state index is 11.4. The normalized spacial score (nSPS) is 26.9. The quantitative estimate of drug-likeness (QED) is 0.538. The van der Waals surface area contributed by atoms with Crippen molar-refractivity contribution in [1.29, 1.82) is 0 Å². The molecular formula is C12H26N2O2S. The van der Waals surface area contributed by atoms with Crippen LogP contribution in [-0.2, 0) is 9.84 Å². The summed E-state index contributed by atoms with van der Waals surface area (Å²) in [5.41, 5.74) is 2.85. The molecule has 5 heteroatoms. The number of sulfone groups is 1. The van der Waals surface area contributed by atoms with E-state index in [0.717, 1.165) is 19.3 Å². The van der Waals surface area contributed by atoms with Crippen molar-refractivity contribution in [3.05, 3.63) is 0 Å². The van der Waals surface area contributed by atoms with Gasteiger partial charge in [-0.25, -0.2) is 8.42 Å². The molecule has 0 aromatic carbocycles. The summed E-state index contributed by atoms with van der Waals surface area (Å²) in [6, 6.07) is 0.259. The molecule has 0 saturated carbocycles. The van der Waals surface area contributed by atoms with Crippen molar-refractivity contribution in [3.8, 4) is 0 Å². The van der Waals surface area contributed by atoms with Crippen molar-refractivity contribution in [1.82, 2.24) is 5.43 Å². The van der Waals surface area contributed by atoms with Crippen LogP contribution in [0.25, 0.3) is 0 Å². The highest BCUT2D eigenvalue weighted by Crippen LogP contribution is 2.25. The highest BCUT2D eigenvalue weighted by Gasteiger charge is 2.29. The Bertz CT molecular complexity index is 316. The third kappa shape index (κ3) is 5.36. The second-order valence-electron chi connectivity index (χ2n) is 5.50. The van der Waals surface area contributed by atoms with Crippen molar-refractivity contribution < 1.29 is 8.42 Å². The van der Waals surface area contributed by atoms with Gasteiger partial charge in [0.1, 0.15) is 0 Å². The summed E-state index contributed by atoms with van der Waals surface area (Å²) in [7, 11) is -2.76. The number of hydrazine groups is 1. The van der Waals surface area contributed by atoms with Gasteiger partial charge in [-0.3, -0.25) is 11.3 Å². The second-order valence-corrected chi connectivity index (χ2v) is 7.73. The summed E-state index contributed by atoms with van der Waals surface area (Å²) in [5.74, 6) is 7.23. The highest BCUT2D eigenvalue weighted by molar-refractivity contribution is 7.91. The minimum Gasteiger partial charge on any atom is -0.271 e. The summed E-state index contributed by atoms with van der Waals surface area (Å²) in [6.45, 7) is 4.42. The Morgan fingerprint density at radius 2 is 2.18 bits per heavy atom. The molecule has 1 rings (SSSR count). The van der Waals surface area contributed by atoms with E-state index in [1.54, 1.807) is 0 Å². The first-order valence-corrected chi connectivity index (χ1v) is 8.45. The van der Waals surface area contributed by atoms with E-state index in [1.165, 1.54) is 12.8 Å². The van der Waals surface area contributed by atoms with Gasteiger partial charge in [0.15, 0.2) is 9.84 Å². The molecule has 1 fully saturated rings. The van der Waals surface area contributed by atoms with E-state index in [-0.39, 0.29) is 6.04 Å². The van der Waals surface area contributed by atoms with Crippen LogP contribution in [0.3, 0.4) is 0 Å². The summed E-state index contributed by atoms with van der Waals surface area (Å²) < 4.78 is 22.8. The molecule has 0 bridgehead atoms. The fourth-order valence-corrected chi connectivity index (χ4v) is 4.67. The van der Waals surface area contributed by atoms with Crippen molar-refractivity contribution >= 4 is 9.84 Å². The molecule has 0 spiro atoms. The molecule has 1 aliphatic heterocycles. The van der Waals surface area contributed by atoms with Gasteiger partial charge in [0.25, 0.3) is 0 Å². The van der Waals surface area contributed by atoms with Crippen molar-refractivity contribution in [3.63, 3.8) is 0 Å². The van der Waals surface area contributed by atoms with Gasteiger partial charge < -0.3 is 0 Å². The lowest BCUT2D eigenvalue weighted by Gasteiger charge is -2.22. The van der Waals surface area contributed by atoms with E-state index in [2.05, 4.69) is 19.3 Å². The Balaban J connectivity index is 2.37. The molecule has 1 heterocycles. The molecule has 1 aliphatic rings. The number of nitrogens with one attached hydrogen (secondary N) is 1. The van der Waals surface area contributed by atoms with E-state index in [4.69, 9.17) is 5.84 Å². The van der Waals surface area contributed by atoms with Crippen LogP contribution in [0.4, 0.5) is 0 Å². The molecule has 3 N–H and O–H groups in total. The number of nitrogens with two attached hydrogens (primary N) is 1. The van der Waals surface area contributed by atoms with Gasteiger partial charge in [0.2, 0.25) is 0 Å². The number of rotatable bonds is 7. The molecule has 102 valence electrons. The SMILES string of the molecule is CCCC(C)CC(CC1CCS(=O)(=O)C1)NN. The van der Waals surface area contributed by atoms with E-state index in [1.807, 2.05) is 0 Å². The number of hydrogen-bond acceptors (Lipinski definition) is 4. The van der Waals surface area contributed by atoms with Crippen LogP contribution in [0.5, 0.6) is 0 Å². The average Bonchev–Trinajstić information content (AvgIpc) is 2.57. The Kier molecular flexibility index (Phi) is 5.89. The zero-order valence-corrected chi connectivity index (χ0v) is 11.8. The summed E-state index contributed by atoms with van der Waals surface area (Å²) >= 11 is 0. The minimum atomic E-state index is -2.76. The monoisotopic (exact) mass is 262 g/mol. The first-order valence-electron chi connectivity index (χ1n) is 6.63. The lowest BCUT2D eigenvalue weighted by molar-refractivity contribution is 0.335. The third-order valence-corrected chi connectivity index (χ3v) is 5.49. The van der Waals surface area contributed by atoms with Crippen LogP contribution < -0.4 is 11.3 Å². The smallest absolute Gasteiger partial charge is 0.150 e. The van der Waals surface area contributed by atoms with Gasteiger partial charge in [0.05, 0.1) is 11.5 Å². The molecular weight excluding hydrogens is 236 g/mol. The fraction of sp³-hybridized carbons (Fsp3) is 1.00. The second kappa shape index (κ2) is 6.71. The lowest BCUT2D eigenvalue weighted by Crippen LogP contribution is -2.38. The van der Waals surface area contributed by atoms with E-state index >= 15 is 0 Å². The molecule has 3 atom stereocenters. The van der Waals surface area contributed by atoms with Gasteiger partial charge in [-0.15, -0.1) is 0 Å². The largest absolute Gasteiger partial charge is 0.271 e. The standard InChI is InChI=1S/C12H26N2O2S/c1-3-4-10(2)7-12(14-13)8-11-5-6-17(15,16)9-11/h10-12,14H,3-9,13H2,1-2H3. The van der Waals surface area contributed by atoms with Crippen LogP contribution in [0.2, 0.25) is 0 Å². The van der Waals surface area contributed by atoms with Crippen LogP contribution in [0.1, 0.15) is 46.0 Å². The summed E-state index contributed by atoms with van der Waals surface area (Å²) in [5, 5.41) is 0. The van der Waals surface area contributed by atoms with Crippen molar-refractivity contribution in [2.75, 3.05) is 11.5 Å². The molecule has 0 aliphatic carbocycles. The highest BCUT2D eigenvalue weighted by atomic mass is 32.2. The minimum absolute atomic E-state index is 0.259. The fourth-order valence-electron chi connectivity index (χ4n) is 2.79. The molecule has 17 heavy (non-hydrogen) atoms. The lowest BCUT2D eigenvalue weighted by atomic mass is 9.91. The van der Waals surface area contributed by atoms with E-state index < -0.39 is 9.84 Å². The molecule has 0 radical (unpaired) electrons. The molecule has 1 saturated heterocycles. The van der Waals surface area contributed by atoms with Crippen LogP contribution in [-0.4, -0.2) is 26.0 Å². The van der Waals surface area contributed by atoms with Gasteiger partial charge in [0, 0.05) is 6.04 Å².